The van der Waals surface area contributed by atoms with Gasteiger partial charge in [0.1, 0.15) is 11.2 Å². The monoisotopic (exact) mass is 453 g/mol. The first-order valence-corrected chi connectivity index (χ1v) is 12.3. The minimum absolute atomic E-state index is 0.00462. The van der Waals surface area contributed by atoms with Crippen LogP contribution in [0, 0.1) is 34.5 Å². The van der Waals surface area contributed by atoms with Crippen molar-refractivity contribution in [1.29, 1.82) is 0 Å². The third kappa shape index (κ3) is 1.92. The molecule has 5 saturated carbocycles. The summed E-state index contributed by atoms with van der Waals surface area (Å²) in [7, 11) is 4.94. The summed E-state index contributed by atoms with van der Waals surface area (Å²) in [5, 5.41) is 47.2. The summed E-state index contributed by atoms with van der Waals surface area (Å²) in [6.45, 7) is 3.45. The Labute approximate surface area is 189 Å². The summed E-state index contributed by atoms with van der Waals surface area (Å²) in [6, 6.07) is -0.368. The Balaban J connectivity index is 1.70. The average Bonchev–Trinajstić information content (AvgIpc) is 3.15. The predicted molar refractivity (Wildman–Crippen MR) is 114 cm³/mol. The first-order valence-electron chi connectivity index (χ1n) is 12.3. The lowest BCUT2D eigenvalue weighted by atomic mass is 9.42. The van der Waals surface area contributed by atoms with Crippen molar-refractivity contribution < 1.29 is 34.6 Å². The normalized spacial score (nSPS) is 62.4. The second-order valence-corrected chi connectivity index (χ2v) is 11.6. The summed E-state index contributed by atoms with van der Waals surface area (Å²) in [4.78, 5) is 2.28. The van der Waals surface area contributed by atoms with Crippen molar-refractivity contribution in [3.8, 4) is 0 Å². The van der Waals surface area contributed by atoms with Crippen LogP contribution in [0.5, 0.6) is 0 Å². The van der Waals surface area contributed by atoms with Crippen molar-refractivity contribution in [2.75, 3.05) is 41.0 Å². The third-order valence-electron chi connectivity index (χ3n) is 11.5. The summed E-state index contributed by atoms with van der Waals surface area (Å²) >= 11 is 0. The lowest BCUT2D eigenvalue weighted by Gasteiger charge is -2.70. The quantitative estimate of drug-likeness (QED) is 0.446. The van der Waals surface area contributed by atoms with Crippen LogP contribution in [-0.4, -0.2) is 108 Å². The molecule has 5 aliphatic carbocycles. The molecule has 7 bridgehead atoms. The Hall–Kier alpha value is -0.320. The molecule has 0 unspecified atom stereocenters. The van der Waals surface area contributed by atoms with E-state index < -0.39 is 40.3 Å². The highest BCUT2D eigenvalue weighted by atomic mass is 16.5. The fraction of sp³-hybridized carbons (Fsp3) is 1.00. The van der Waals surface area contributed by atoms with Gasteiger partial charge in [-0.05, 0) is 31.7 Å². The number of piperidine rings is 1. The van der Waals surface area contributed by atoms with E-state index in [1.54, 1.807) is 21.3 Å². The van der Waals surface area contributed by atoms with E-state index in [0.717, 1.165) is 6.42 Å². The lowest BCUT2D eigenvalue weighted by molar-refractivity contribution is -0.323. The Morgan fingerprint density at radius 2 is 1.88 bits per heavy atom. The first kappa shape index (κ1) is 22.2. The van der Waals surface area contributed by atoms with Crippen LogP contribution in [0.4, 0.5) is 0 Å². The number of fused-ring (bicyclic) bond motifs is 2. The zero-order valence-electron chi connectivity index (χ0n) is 19.6. The van der Waals surface area contributed by atoms with Crippen molar-refractivity contribution in [3.63, 3.8) is 0 Å². The molecule has 1 saturated heterocycles. The van der Waals surface area contributed by atoms with Gasteiger partial charge in [0.2, 0.25) is 0 Å². The third-order valence-corrected chi connectivity index (χ3v) is 11.5. The maximum atomic E-state index is 13.0. The second-order valence-electron chi connectivity index (χ2n) is 11.6. The molecule has 13 atom stereocenters. The SMILES string of the molecule is CCN1C[C@]2(CO)CC[C@H](O)[C@@]34[C@@H]2[C@H](OC)[C@@](O)([C@@H]13)[C@@]1(OC)C[C@H](OC)[C@H]2C[C@H]4[C@@H]1[C@H]2O. The summed E-state index contributed by atoms with van der Waals surface area (Å²) in [5.74, 6) is -0.617. The number of hydrogen-bond acceptors (Lipinski definition) is 8. The average molecular weight is 454 g/mol. The number of methoxy groups -OCH3 is 3. The Morgan fingerprint density at radius 3 is 2.47 bits per heavy atom. The Kier molecular flexibility index (Phi) is 4.62. The molecule has 8 nitrogen and oxygen atoms in total. The molecule has 0 aromatic heterocycles. The van der Waals surface area contributed by atoms with E-state index in [-0.39, 0.29) is 42.4 Å². The van der Waals surface area contributed by atoms with Gasteiger partial charge in [-0.15, -0.1) is 0 Å². The van der Waals surface area contributed by atoms with Crippen LogP contribution in [-0.2, 0) is 14.2 Å². The van der Waals surface area contributed by atoms with E-state index in [1.807, 2.05) is 0 Å². The van der Waals surface area contributed by atoms with Gasteiger partial charge in [-0.3, -0.25) is 4.90 Å². The van der Waals surface area contributed by atoms with Gasteiger partial charge >= 0.3 is 0 Å². The van der Waals surface area contributed by atoms with Gasteiger partial charge in [-0.1, -0.05) is 6.92 Å². The molecule has 182 valence electrons. The Morgan fingerprint density at radius 1 is 1.12 bits per heavy atom. The van der Waals surface area contributed by atoms with E-state index in [9.17, 15) is 20.4 Å². The predicted octanol–water partition coefficient (Wildman–Crippen LogP) is -0.383. The molecule has 0 aromatic rings. The van der Waals surface area contributed by atoms with Crippen molar-refractivity contribution in [2.24, 2.45) is 34.5 Å². The molecule has 1 aliphatic heterocycles. The fourth-order valence-electron chi connectivity index (χ4n) is 10.8. The van der Waals surface area contributed by atoms with Crippen LogP contribution in [0.15, 0.2) is 0 Å². The molecule has 6 fully saturated rings. The topological polar surface area (TPSA) is 112 Å². The molecule has 6 aliphatic rings. The number of nitrogens with zero attached hydrogens (tertiary/aromatic N) is 1. The highest BCUT2D eigenvalue weighted by molar-refractivity contribution is 5.41. The van der Waals surface area contributed by atoms with E-state index in [1.165, 1.54) is 0 Å². The minimum atomic E-state index is -1.45. The smallest absolute Gasteiger partial charge is 0.136 e. The maximum Gasteiger partial charge on any atom is 0.136 e. The molecule has 0 radical (unpaired) electrons. The zero-order chi connectivity index (χ0) is 22.8. The summed E-state index contributed by atoms with van der Waals surface area (Å²) in [6.07, 6.45) is 0.343. The number of aliphatic hydroxyl groups excluding tert-OH is 3. The summed E-state index contributed by atoms with van der Waals surface area (Å²) < 4.78 is 18.4. The largest absolute Gasteiger partial charge is 0.396 e. The second kappa shape index (κ2) is 6.66. The van der Waals surface area contributed by atoms with Crippen molar-refractivity contribution in [3.05, 3.63) is 0 Å². The number of rotatable bonds is 5. The van der Waals surface area contributed by atoms with E-state index in [4.69, 9.17) is 14.2 Å². The van der Waals surface area contributed by atoms with Crippen molar-refractivity contribution in [1.82, 2.24) is 4.90 Å². The molecule has 0 aromatic carbocycles. The van der Waals surface area contributed by atoms with Gasteiger partial charge in [0.25, 0.3) is 0 Å². The van der Waals surface area contributed by atoms with Crippen LogP contribution in [0.2, 0.25) is 0 Å². The van der Waals surface area contributed by atoms with E-state index in [0.29, 0.717) is 32.4 Å². The molecule has 1 spiro atoms. The van der Waals surface area contributed by atoms with Crippen LogP contribution in [0.25, 0.3) is 0 Å². The number of likely N-dealkylation sites (tertiary alicyclic amines) is 1. The fourth-order valence-corrected chi connectivity index (χ4v) is 10.8. The molecule has 8 heteroatoms. The first-order chi connectivity index (χ1) is 15.3. The molecule has 0 amide bonds. The number of aliphatic hydroxyl groups is 4. The summed E-state index contributed by atoms with van der Waals surface area (Å²) in [5.41, 5.74) is -3.64. The van der Waals surface area contributed by atoms with Gasteiger partial charge in [-0.25, -0.2) is 0 Å². The molecule has 32 heavy (non-hydrogen) atoms. The van der Waals surface area contributed by atoms with Gasteiger partial charge in [0.15, 0.2) is 0 Å². The van der Waals surface area contributed by atoms with Gasteiger partial charge in [0, 0.05) is 62.9 Å². The number of ether oxygens (including phenoxy) is 3. The van der Waals surface area contributed by atoms with Crippen LogP contribution in [0.3, 0.4) is 0 Å². The van der Waals surface area contributed by atoms with Gasteiger partial charge in [-0.2, -0.15) is 0 Å². The standard InChI is InChI=1S/C24H39NO7/c1-5-25-10-21(11-26)7-6-15(27)23-13-8-12-14(30-2)9-22(32-4,16(13)17(12)28)24(29,20(23)25)19(31-3)18(21)23/h12-20,26-29H,5-11H2,1-4H3/t12-,13+,14+,15+,16-,17+,18-,19+,20+,21+,22-,23+,24-/m1/s1. The maximum absolute atomic E-state index is 13.0. The van der Waals surface area contributed by atoms with Crippen molar-refractivity contribution in [2.45, 2.75) is 74.3 Å². The molecule has 6 rings (SSSR count). The molecule has 1 heterocycles. The van der Waals surface area contributed by atoms with Crippen LogP contribution in [0.1, 0.15) is 32.6 Å². The lowest BCUT2D eigenvalue weighted by Crippen LogP contribution is -2.82. The van der Waals surface area contributed by atoms with Gasteiger partial charge < -0.3 is 34.6 Å². The Bertz CT molecular complexity index is 798. The number of likely N-dealkylation sites (N-methyl/N-ethyl adjacent to an activating group) is 1. The molecular formula is C24H39NO7. The minimum Gasteiger partial charge on any atom is -0.396 e. The van der Waals surface area contributed by atoms with Crippen LogP contribution < -0.4 is 0 Å². The van der Waals surface area contributed by atoms with Crippen LogP contribution >= 0.6 is 0 Å². The zero-order valence-corrected chi connectivity index (χ0v) is 19.6. The molecule has 4 N–H and O–H groups in total. The number of hydrogen-bond donors (Lipinski definition) is 4. The van der Waals surface area contributed by atoms with Gasteiger partial charge in [0.05, 0.1) is 37.1 Å². The van der Waals surface area contributed by atoms with Crippen molar-refractivity contribution >= 4 is 0 Å². The van der Waals surface area contributed by atoms with E-state index in [2.05, 4.69) is 11.8 Å². The van der Waals surface area contributed by atoms with E-state index >= 15 is 0 Å². The molecular weight excluding hydrogens is 414 g/mol. The highest BCUT2D eigenvalue weighted by Crippen LogP contribution is 2.80. The highest BCUT2D eigenvalue weighted by Gasteiger charge is 2.91.